The lowest BCUT2D eigenvalue weighted by Crippen LogP contribution is -2.45. The minimum atomic E-state index is -3.94. The average molecular weight is 399 g/mol. The number of alkyl halides is 2. The minimum Gasteiger partial charge on any atom is -0.289 e. The van der Waals surface area contributed by atoms with Crippen molar-refractivity contribution < 1.29 is 27.6 Å². The summed E-state index contributed by atoms with van der Waals surface area (Å²) >= 11 is 0. The Bertz CT molecular complexity index is 729. The maximum atomic E-state index is 15.1. The Balaban J connectivity index is 2.67. The van der Waals surface area contributed by atoms with E-state index in [0.29, 0.717) is 24.0 Å². The third kappa shape index (κ3) is 4.34. The summed E-state index contributed by atoms with van der Waals surface area (Å²) in [7, 11) is -3.51. The van der Waals surface area contributed by atoms with Crippen LogP contribution in [-0.4, -0.2) is 16.8 Å². The van der Waals surface area contributed by atoms with Crippen molar-refractivity contribution in [3.63, 3.8) is 0 Å². The van der Waals surface area contributed by atoms with Crippen LogP contribution in [-0.2, 0) is 9.09 Å². The van der Waals surface area contributed by atoms with Crippen LogP contribution in [0.5, 0.6) is 0 Å². The van der Waals surface area contributed by atoms with Gasteiger partial charge in [-0.25, -0.2) is 0 Å². The number of rotatable bonds is 8. The lowest BCUT2D eigenvalue weighted by molar-refractivity contribution is -0.248. The molecule has 1 aromatic carbocycles. The Kier molecular flexibility index (Phi) is 7.01. The van der Waals surface area contributed by atoms with Crippen LogP contribution in [0.3, 0.4) is 0 Å². The molecule has 0 saturated heterocycles. The van der Waals surface area contributed by atoms with Gasteiger partial charge >= 0.3 is 14.4 Å². The lowest BCUT2D eigenvalue weighted by atomic mass is 9.69. The van der Waals surface area contributed by atoms with Gasteiger partial charge in [0.2, 0.25) is 0 Å². The zero-order chi connectivity index (χ0) is 20.2. The minimum absolute atomic E-state index is 0.0516. The van der Waals surface area contributed by atoms with E-state index < -0.39 is 25.6 Å². The first-order chi connectivity index (χ1) is 12.7. The van der Waals surface area contributed by atoms with Gasteiger partial charge in [0.25, 0.3) is 0 Å². The monoisotopic (exact) mass is 399 g/mol. The highest BCUT2D eigenvalue weighted by Gasteiger charge is 2.62. The van der Waals surface area contributed by atoms with Gasteiger partial charge in [-0.1, -0.05) is 49.2 Å². The van der Waals surface area contributed by atoms with Gasteiger partial charge in [-0.3, -0.25) is 4.79 Å². The van der Waals surface area contributed by atoms with Crippen LogP contribution >= 0.6 is 8.25 Å². The number of hydrogen-bond donors (Lipinski definition) is 1. The summed E-state index contributed by atoms with van der Waals surface area (Å²) in [6, 6.07) is 6.80. The number of Topliss-reactive ketones (excluding diaryl/α,β-unsaturated/α-hetero) is 1. The molecule has 0 bridgehead atoms. The first-order valence-corrected chi connectivity index (χ1v) is 10.4. The molecule has 1 saturated carbocycles. The highest BCUT2D eigenvalue weighted by Crippen LogP contribution is 2.54. The molecule has 0 aromatic heterocycles. The van der Waals surface area contributed by atoms with Crippen LogP contribution in [0.15, 0.2) is 35.4 Å². The Hall–Kier alpha value is -1.49. The van der Waals surface area contributed by atoms with E-state index in [1.807, 2.05) is 6.92 Å². The molecule has 1 aliphatic rings. The molecule has 1 atom stereocenters. The largest absolute Gasteiger partial charge is 0.701 e. The molecular formula is C20H26F2O4P+. The summed E-state index contributed by atoms with van der Waals surface area (Å²) in [6.45, 7) is 5.00. The lowest BCUT2D eigenvalue weighted by Gasteiger charge is -2.38. The van der Waals surface area contributed by atoms with Crippen LogP contribution in [0.4, 0.5) is 8.78 Å². The van der Waals surface area contributed by atoms with Crippen LogP contribution in [0, 0.1) is 12.3 Å². The zero-order valence-electron chi connectivity index (χ0n) is 15.9. The molecule has 0 radical (unpaired) electrons. The molecule has 2 rings (SSSR count). The molecule has 1 N–H and O–H groups in total. The maximum absolute atomic E-state index is 15.1. The van der Waals surface area contributed by atoms with Gasteiger partial charge in [-0.15, -0.1) is 4.89 Å². The summed E-state index contributed by atoms with van der Waals surface area (Å²) in [5.41, 5.74) is 0.106. The number of hydrogen-bond acceptors (Lipinski definition) is 3. The van der Waals surface area contributed by atoms with Crippen LogP contribution in [0.25, 0.3) is 0 Å². The second kappa shape index (κ2) is 8.68. The number of carbonyl (C=O) groups is 1. The predicted octanol–water partition coefficient (Wildman–Crippen LogP) is 6.11. The van der Waals surface area contributed by atoms with Crippen LogP contribution < -0.4 is 0 Å². The normalized spacial score (nSPS) is 15.8. The molecule has 148 valence electrons. The molecular weight excluding hydrogens is 373 g/mol. The third-order valence-corrected chi connectivity index (χ3v) is 5.92. The van der Waals surface area contributed by atoms with Gasteiger partial charge in [0.1, 0.15) is 0 Å². The van der Waals surface area contributed by atoms with Crippen molar-refractivity contribution in [1.82, 2.24) is 0 Å². The number of benzene rings is 1. The fourth-order valence-electron chi connectivity index (χ4n) is 3.96. The summed E-state index contributed by atoms with van der Waals surface area (Å²) in [5.74, 6) is -0.452. The molecule has 0 aliphatic heterocycles. The average Bonchev–Trinajstić information content (AvgIpc) is 3.12. The maximum Gasteiger partial charge on any atom is 0.701 e. The van der Waals surface area contributed by atoms with E-state index in [0.717, 1.165) is 18.4 Å². The zero-order valence-corrected chi connectivity index (χ0v) is 16.8. The fraction of sp³-hybridized carbons (Fsp3) is 0.550. The van der Waals surface area contributed by atoms with E-state index in [9.17, 15) is 9.36 Å². The molecule has 0 heterocycles. The van der Waals surface area contributed by atoms with Crippen molar-refractivity contribution in [3.05, 3.63) is 46.5 Å². The smallest absolute Gasteiger partial charge is 0.289 e. The molecule has 1 unspecified atom stereocenters. The quantitative estimate of drug-likeness (QED) is 0.325. The predicted molar refractivity (Wildman–Crippen MR) is 99.9 cm³/mol. The second-order valence-corrected chi connectivity index (χ2v) is 7.67. The molecule has 0 amide bonds. The van der Waals surface area contributed by atoms with Crippen molar-refractivity contribution in [2.75, 3.05) is 0 Å². The number of aryl methyl sites for hydroxylation is 1. The SMILES string of the molecule is CCC(CC)(C(C(=O)c1ccc(C)cc1)=C1CCCC1)C(F)(F)O[P+](=O)O. The Labute approximate surface area is 159 Å². The number of allylic oxidation sites excluding steroid dienone is 1. The number of ketones is 1. The molecule has 7 heteroatoms. The van der Waals surface area contributed by atoms with Crippen molar-refractivity contribution in [3.8, 4) is 0 Å². The highest BCUT2D eigenvalue weighted by molar-refractivity contribution is 7.32. The topological polar surface area (TPSA) is 63.6 Å². The number of carbonyl (C=O) groups excluding carboxylic acids is 1. The summed E-state index contributed by atoms with van der Waals surface area (Å²) in [4.78, 5) is 22.3. The first-order valence-electron chi connectivity index (χ1n) is 9.25. The van der Waals surface area contributed by atoms with Crippen molar-refractivity contribution >= 4 is 14.0 Å². The van der Waals surface area contributed by atoms with E-state index in [-0.39, 0.29) is 18.4 Å². The summed E-state index contributed by atoms with van der Waals surface area (Å²) < 4.78 is 45.4. The molecule has 1 aromatic rings. The second-order valence-electron chi connectivity index (χ2n) is 7.02. The third-order valence-electron chi connectivity index (χ3n) is 5.54. The van der Waals surface area contributed by atoms with Crippen molar-refractivity contribution in [2.24, 2.45) is 5.41 Å². The van der Waals surface area contributed by atoms with Crippen LogP contribution in [0.2, 0.25) is 0 Å². The van der Waals surface area contributed by atoms with E-state index in [1.54, 1.807) is 38.1 Å². The standard InChI is InChI=1S/C20H25F2O4P/c1-4-19(5-2,20(21,22)26-27(24)25)17(15-8-6-7-9-15)18(23)16-12-10-14(3)11-13-16/h10-13H,4-9H2,1-3H3/p+1. The number of halogens is 2. The molecule has 0 spiro atoms. The van der Waals surface area contributed by atoms with E-state index in [2.05, 4.69) is 4.52 Å². The van der Waals surface area contributed by atoms with E-state index >= 15 is 8.78 Å². The molecule has 1 fully saturated rings. The Morgan fingerprint density at radius 3 is 2.11 bits per heavy atom. The fourth-order valence-corrected chi connectivity index (χ4v) is 4.33. The molecule has 1 aliphatic carbocycles. The van der Waals surface area contributed by atoms with E-state index in [1.165, 1.54) is 0 Å². The summed E-state index contributed by atoms with van der Waals surface area (Å²) in [6.07, 6.45) is -1.28. The van der Waals surface area contributed by atoms with Gasteiger partial charge in [0, 0.05) is 15.7 Å². The molecule has 4 nitrogen and oxygen atoms in total. The van der Waals surface area contributed by atoms with Gasteiger partial charge in [-0.05, 0) is 50.0 Å². The van der Waals surface area contributed by atoms with Gasteiger partial charge in [-0.2, -0.15) is 8.78 Å². The van der Waals surface area contributed by atoms with Gasteiger partial charge in [0.15, 0.2) is 5.78 Å². The van der Waals surface area contributed by atoms with Crippen LogP contribution in [0.1, 0.15) is 68.3 Å². The Morgan fingerprint density at radius 1 is 1.15 bits per heavy atom. The van der Waals surface area contributed by atoms with Gasteiger partial charge in [0.05, 0.1) is 5.41 Å². The highest BCUT2D eigenvalue weighted by atomic mass is 31.1. The Morgan fingerprint density at radius 2 is 1.67 bits per heavy atom. The van der Waals surface area contributed by atoms with E-state index in [4.69, 9.17) is 4.89 Å². The molecule has 27 heavy (non-hydrogen) atoms. The van der Waals surface area contributed by atoms with Gasteiger partial charge < -0.3 is 0 Å². The summed E-state index contributed by atoms with van der Waals surface area (Å²) in [5, 5.41) is 0. The first kappa shape index (κ1) is 21.8. The van der Waals surface area contributed by atoms with Crippen molar-refractivity contribution in [2.45, 2.75) is 65.4 Å². The van der Waals surface area contributed by atoms with Crippen molar-refractivity contribution in [1.29, 1.82) is 0 Å².